The maximum absolute atomic E-state index is 12.5. The van der Waals surface area contributed by atoms with Crippen molar-refractivity contribution in [2.45, 2.75) is 6.18 Å². The first-order valence-corrected chi connectivity index (χ1v) is 7.52. The van der Waals surface area contributed by atoms with Crippen molar-refractivity contribution in [3.63, 3.8) is 0 Å². The first-order valence-electron chi connectivity index (χ1n) is 6.64. The molecule has 3 aromatic rings. The third kappa shape index (κ3) is 3.57. The highest BCUT2D eigenvalue weighted by Gasteiger charge is 2.32. The van der Waals surface area contributed by atoms with Crippen molar-refractivity contribution in [3.8, 4) is 11.3 Å². The van der Waals surface area contributed by atoms with Crippen LogP contribution in [0.15, 0.2) is 48.2 Å². The number of hydrogen-bond donors (Lipinski definition) is 1. The van der Waals surface area contributed by atoms with Crippen molar-refractivity contribution in [2.75, 3.05) is 5.32 Å². The number of nitrogens with zero attached hydrogens (tertiary/aromatic N) is 3. The lowest BCUT2D eigenvalue weighted by Gasteiger charge is -2.06. The highest BCUT2D eigenvalue weighted by molar-refractivity contribution is 7.14. The Morgan fingerprint density at radius 1 is 1.17 bits per heavy atom. The number of anilines is 1. The highest BCUT2D eigenvalue weighted by Crippen LogP contribution is 2.27. The molecule has 0 atom stereocenters. The van der Waals surface area contributed by atoms with Crippen molar-refractivity contribution in [1.82, 2.24) is 15.0 Å². The molecule has 0 fully saturated rings. The Morgan fingerprint density at radius 2 is 2.00 bits per heavy atom. The van der Waals surface area contributed by atoms with Gasteiger partial charge in [-0.2, -0.15) is 13.2 Å². The summed E-state index contributed by atoms with van der Waals surface area (Å²) in [5.41, 5.74) is 0.410. The van der Waals surface area contributed by atoms with Gasteiger partial charge in [0.15, 0.2) is 5.13 Å². The molecule has 0 aliphatic carbocycles. The Balaban J connectivity index is 1.72. The molecule has 0 spiro atoms. The first kappa shape index (κ1) is 16.1. The lowest BCUT2D eigenvalue weighted by atomic mass is 10.2. The standard InChI is InChI=1S/C15H9F3N4OS/c16-15(17,18)12-4-3-10(7-20-12)13(23)22-14-21-11(8-24-14)9-2-1-5-19-6-9/h1-8H,(H,21,22,23). The fourth-order valence-corrected chi connectivity index (χ4v) is 2.56. The van der Waals surface area contributed by atoms with E-state index in [1.54, 1.807) is 23.8 Å². The normalized spacial score (nSPS) is 11.3. The number of alkyl halides is 3. The monoisotopic (exact) mass is 350 g/mol. The lowest BCUT2D eigenvalue weighted by Crippen LogP contribution is -2.14. The molecular weight excluding hydrogens is 341 g/mol. The second kappa shape index (κ2) is 6.36. The number of hydrogen-bond acceptors (Lipinski definition) is 5. The van der Waals surface area contributed by atoms with Gasteiger partial charge in [0.2, 0.25) is 0 Å². The fourth-order valence-electron chi connectivity index (χ4n) is 1.84. The molecule has 0 aliphatic heterocycles. The molecule has 3 rings (SSSR count). The summed E-state index contributed by atoms with van der Waals surface area (Å²) in [5, 5.41) is 4.61. The number of carbonyl (C=O) groups is 1. The van der Waals surface area contributed by atoms with E-state index in [4.69, 9.17) is 0 Å². The Hall–Kier alpha value is -2.81. The van der Waals surface area contributed by atoms with Crippen LogP contribution in [0.1, 0.15) is 16.1 Å². The third-order valence-electron chi connectivity index (χ3n) is 3.00. The number of nitrogens with one attached hydrogen (secondary N) is 1. The van der Waals surface area contributed by atoms with Crippen LogP contribution in [0.2, 0.25) is 0 Å². The van der Waals surface area contributed by atoms with E-state index < -0.39 is 17.8 Å². The minimum atomic E-state index is -4.54. The number of halogens is 3. The molecular formula is C15H9F3N4OS. The molecule has 0 aromatic carbocycles. The van der Waals surface area contributed by atoms with Crippen LogP contribution >= 0.6 is 11.3 Å². The van der Waals surface area contributed by atoms with Crippen LogP contribution in [0.25, 0.3) is 11.3 Å². The van der Waals surface area contributed by atoms with Crippen LogP contribution in [0.5, 0.6) is 0 Å². The average molecular weight is 350 g/mol. The van der Waals surface area contributed by atoms with Gasteiger partial charge in [-0.15, -0.1) is 11.3 Å². The molecule has 1 amide bonds. The molecule has 0 aliphatic rings. The molecule has 24 heavy (non-hydrogen) atoms. The number of aromatic nitrogens is 3. The van der Waals surface area contributed by atoms with Gasteiger partial charge in [-0.3, -0.25) is 20.1 Å². The zero-order valence-corrected chi connectivity index (χ0v) is 12.7. The molecule has 5 nitrogen and oxygen atoms in total. The molecule has 3 heterocycles. The summed E-state index contributed by atoms with van der Waals surface area (Å²) in [6, 6.07) is 5.42. The second-order valence-electron chi connectivity index (χ2n) is 4.66. The zero-order chi connectivity index (χ0) is 17.2. The Morgan fingerprint density at radius 3 is 2.62 bits per heavy atom. The summed E-state index contributed by atoms with van der Waals surface area (Å²) < 4.78 is 37.4. The number of rotatable bonds is 3. The number of thiazole rings is 1. The van der Waals surface area contributed by atoms with E-state index in [1.807, 2.05) is 6.07 Å². The fraction of sp³-hybridized carbons (Fsp3) is 0.0667. The molecule has 0 bridgehead atoms. The van der Waals surface area contributed by atoms with Crippen LogP contribution in [-0.2, 0) is 6.18 Å². The van der Waals surface area contributed by atoms with E-state index in [-0.39, 0.29) is 5.56 Å². The largest absolute Gasteiger partial charge is 0.433 e. The maximum atomic E-state index is 12.5. The summed E-state index contributed by atoms with van der Waals surface area (Å²) in [4.78, 5) is 23.5. The highest BCUT2D eigenvalue weighted by atomic mass is 32.1. The van der Waals surface area contributed by atoms with Gasteiger partial charge in [-0.1, -0.05) is 0 Å². The molecule has 0 radical (unpaired) electrons. The van der Waals surface area contributed by atoms with E-state index in [1.165, 1.54) is 11.3 Å². The van der Waals surface area contributed by atoms with Crippen molar-refractivity contribution >= 4 is 22.4 Å². The minimum absolute atomic E-state index is 0.0149. The van der Waals surface area contributed by atoms with Crippen LogP contribution in [0.3, 0.4) is 0 Å². The minimum Gasteiger partial charge on any atom is -0.298 e. The predicted molar refractivity (Wildman–Crippen MR) is 82.5 cm³/mol. The van der Waals surface area contributed by atoms with Gasteiger partial charge in [0.1, 0.15) is 5.69 Å². The number of amides is 1. The van der Waals surface area contributed by atoms with Gasteiger partial charge in [0, 0.05) is 29.5 Å². The summed E-state index contributed by atoms with van der Waals surface area (Å²) in [6.45, 7) is 0. The maximum Gasteiger partial charge on any atom is 0.433 e. The Kier molecular flexibility index (Phi) is 4.26. The van der Waals surface area contributed by atoms with Crippen LogP contribution in [0.4, 0.5) is 18.3 Å². The molecule has 3 aromatic heterocycles. The van der Waals surface area contributed by atoms with Gasteiger partial charge < -0.3 is 0 Å². The Labute approximate surface area is 138 Å². The molecule has 1 N–H and O–H groups in total. The van der Waals surface area contributed by atoms with Crippen molar-refractivity contribution in [3.05, 3.63) is 59.5 Å². The van der Waals surface area contributed by atoms with Crippen LogP contribution < -0.4 is 5.32 Å². The zero-order valence-electron chi connectivity index (χ0n) is 11.9. The first-order chi connectivity index (χ1) is 11.4. The summed E-state index contributed by atoms with van der Waals surface area (Å²) >= 11 is 1.20. The van der Waals surface area contributed by atoms with Gasteiger partial charge >= 0.3 is 6.18 Å². The van der Waals surface area contributed by atoms with Crippen LogP contribution in [0, 0.1) is 0 Å². The van der Waals surface area contributed by atoms with Crippen molar-refractivity contribution in [1.29, 1.82) is 0 Å². The Bertz CT molecular complexity index is 847. The summed E-state index contributed by atoms with van der Waals surface area (Å²) in [7, 11) is 0. The van der Waals surface area contributed by atoms with Gasteiger partial charge in [0.05, 0.1) is 11.3 Å². The smallest absolute Gasteiger partial charge is 0.298 e. The molecule has 0 saturated carbocycles. The van der Waals surface area contributed by atoms with E-state index in [0.29, 0.717) is 10.8 Å². The van der Waals surface area contributed by atoms with E-state index in [2.05, 4.69) is 20.3 Å². The van der Waals surface area contributed by atoms with Gasteiger partial charge in [-0.25, -0.2) is 4.98 Å². The summed E-state index contributed by atoms with van der Waals surface area (Å²) in [5.74, 6) is -0.580. The molecule has 9 heteroatoms. The molecule has 0 saturated heterocycles. The van der Waals surface area contributed by atoms with E-state index in [0.717, 1.165) is 23.9 Å². The van der Waals surface area contributed by atoms with Crippen molar-refractivity contribution < 1.29 is 18.0 Å². The third-order valence-corrected chi connectivity index (χ3v) is 3.76. The number of carbonyl (C=O) groups excluding carboxylic acids is 1. The molecule has 0 unspecified atom stereocenters. The van der Waals surface area contributed by atoms with Gasteiger partial charge in [0.25, 0.3) is 5.91 Å². The summed E-state index contributed by atoms with van der Waals surface area (Å²) in [6.07, 6.45) is -0.382. The van der Waals surface area contributed by atoms with E-state index in [9.17, 15) is 18.0 Å². The quantitative estimate of drug-likeness (QED) is 0.779. The average Bonchev–Trinajstić information content (AvgIpc) is 3.03. The van der Waals surface area contributed by atoms with Crippen LogP contribution in [-0.4, -0.2) is 20.9 Å². The van der Waals surface area contributed by atoms with Crippen molar-refractivity contribution in [2.24, 2.45) is 0 Å². The topological polar surface area (TPSA) is 67.8 Å². The second-order valence-corrected chi connectivity index (χ2v) is 5.52. The van der Waals surface area contributed by atoms with E-state index >= 15 is 0 Å². The lowest BCUT2D eigenvalue weighted by molar-refractivity contribution is -0.141. The predicted octanol–water partition coefficient (Wildman–Crippen LogP) is 3.87. The SMILES string of the molecule is O=C(Nc1nc(-c2cccnc2)cs1)c1ccc(C(F)(F)F)nc1. The molecule has 122 valence electrons. The number of pyridine rings is 2. The van der Waals surface area contributed by atoms with Gasteiger partial charge in [-0.05, 0) is 24.3 Å².